The molecule has 0 radical (unpaired) electrons. The van der Waals surface area contributed by atoms with Gasteiger partial charge in [-0.1, -0.05) is 12.8 Å². The van der Waals surface area contributed by atoms with Gasteiger partial charge in [0.05, 0.1) is 6.20 Å². The molecule has 2 aromatic heterocycles. The number of hydrogen-bond donors (Lipinski definition) is 1. The van der Waals surface area contributed by atoms with Crippen LogP contribution in [0.25, 0.3) is 11.0 Å². The van der Waals surface area contributed by atoms with Gasteiger partial charge in [0.15, 0.2) is 5.65 Å². The predicted octanol–water partition coefficient (Wildman–Crippen LogP) is 3.11. The van der Waals surface area contributed by atoms with Gasteiger partial charge >= 0.3 is 0 Å². The van der Waals surface area contributed by atoms with E-state index in [1.807, 2.05) is 0 Å². The third-order valence-electron chi connectivity index (χ3n) is 3.33. The van der Waals surface area contributed by atoms with E-state index in [1.165, 1.54) is 25.7 Å². The topological polar surface area (TPSA) is 63.7 Å². The van der Waals surface area contributed by atoms with Crippen molar-refractivity contribution in [2.24, 2.45) is 0 Å². The Labute approximate surface area is 110 Å². The highest BCUT2D eigenvalue weighted by atomic mass is 35.5. The molecular formula is C12H15ClN4O. The highest BCUT2D eigenvalue weighted by molar-refractivity contribution is 6.28. The Bertz CT molecular complexity index is 534. The third kappa shape index (κ3) is 2.41. The maximum atomic E-state index is 5.99. The van der Waals surface area contributed by atoms with Crippen molar-refractivity contribution in [3.63, 3.8) is 0 Å². The molecular weight excluding hydrogens is 252 g/mol. The Kier molecular flexibility index (Phi) is 3.32. The second-order valence-corrected chi connectivity index (χ2v) is 5.00. The molecule has 0 spiro atoms. The summed E-state index contributed by atoms with van der Waals surface area (Å²) >= 11 is 5.88. The summed E-state index contributed by atoms with van der Waals surface area (Å²) in [5.74, 6) is 0.547. The van der Waals surface area contributed by atoms with Crippen LogP contribution in [0.3, 0.4) is 0 Å². The fourth-order valence-electron chi connectivity index (χ4n) is 2.39. The molecule has 2 heterocycles. The first-order chi connectivity index (χ1) is 8.83. The van der Waals surface area contributed by atoms with Crippen molar-refractivity contribution in [3.05, 3.63) is 11.5 Å². The van der Waals surface area contributed by atoms with Crippen LogP contribution in [0, 0.1) is 0 Å². The van der Waals surface area contributed by atoms with Gasteiger partial charge in [-0.2, -0.15) is 15.1 Å². The van der Waals surface area contributed by atoms with E-state index in [1.54, 1.807) is 6.20 Å². The normalized spacial score (nSPS) is 17.8. The number of nitrogens with one attached hydrogen (secondary N) is 1. The lowest BCUT2D eigenvalue weighted by Crippen LogP contribution is -2.16. The molecule has 1 fully saturated rings. The number of ether oxygens (including phenoxy) is 1. The summed E-state index contributed by atoms with van der Waals surface area (Å²) in [6.07, 6.45) is 9.11. The number of H-pyrrole nitrogens is 1. The zero-order chi connectivity index (χ0) is 12.4. The zero-order valence-corrected chi connectivity index (χ0v) is 10.8. The summed E-state index contributed by atoms with van der Waals surface area (Å²) in [7, 11) is 0. The summed E-state index contributed by atoms with van der Waals surface area (Å²) in [5.41, 5.74) is 0.624. The number of halogens is 1. The van der Waals surface area contributed by atoms with Gasteiger partial charge in [-0.3, -0.25) is 5.10 Å². The van der Waals surface area contributed by atoms with Crippen LogP contribution in [-0.4, -0.2) is 26.3 Å². The molecule has 96 valence electrons. The van der Waals surface area contributed by atoms with Crippen LogP contribution in [0.5, 0.6) is 5.88 Å². The van der Waals surface area contributed by atoms with Crippen molar-refractivity contribution in [1.82, 2.24) is 20.2 Å². The predicted molar refractivity (Wildman–Crippen MR) is 68.8 cm³/mol. The summed E-state index contributed by atoms with van der Waals surface area (Å²) in [4.78, 5) is 8.23. The molecule has 1 saturated carbocycles. The molecule has 0 bridgehead atoms. The minimum absolute atomic E-state index is 0.190. The van der Waals surface area contributed by atoms with E-state index in [-0.39, 0.29) is 11.4 Å². The molecule has 0 atom stereocenters. The lowest BCUT2D eigenvalue weighted by atomic mass is 10.1. The van der Waals surface area contributed by atoms with Crippen LogP contribution in [0.1, 0.15) is 38.5 Å². The van der Waals surface area contributed by atoms with E-state index in [0.29, 0.717) is 11.5 Å². The van der Waals surface area contributed by atoms with Gasteiger partial charge in [-0.15, -0.1) is 0 Å². The van der Waals surface area contributed by atoms with Gasteiger partial charge in [0.25, 0.3) is 0 Å². The summed E-state index contributed by atoms with van der Waals surface area (Å²) < 4.78 is 5.99. The molecule has 2 aromatic rings. The van der Waals surface area contributed by atoms with Crippen LogP contribution in [0.4, 0.5) is 0 Å². The molecule has 0 aliphatic heterocycles. The van der Waals surface area contributed by atoms with E-state index in [2.05, 4.69) is 20.2 Å². The van der Waals surface area contributed by atoms with Crippen LogP contribution in [0.15, 0.2) is 6.20 Å². The maximum absolute atomic E-state index is 5.99. The molecule has 5 nitrogen and oxygen atoms in total. The first-order valence-corrected chi connectivity index (χ1v) is 6.74. The maximum Gasteiger partial charge on any atom is 0.229 e. The number of aromatic amines is 1. The quantitative estimate of drug-likeness (QED) is 0.670. The van der Waals surface area contributed by atoms with Gasteiger partial charge < -0.3 is 4.74 Å². The Hall–Kier alpha value is -1.36. The second-order valence-electron chi connectivity index (χ2n) is 4.66. The van der Waals surface area contributed by atoms with Gasteiger partial charge in [-0.25, -0.2) is 0 Å². The molecule has 18 heavy (non-hydrogen) atoms. The van der Waals surface area contributed by atoms with Crippen LogP contribution in [0.2, 0.25) is 5.28 Å². The number of hydrogen-bond acceptors (Lipinski definition) is 4. The average molecular weight is 267 g/mol. The van der Waals surface area contributed by atoms with E-state index in [4.69, 9.17) is 16.3 Å². The Morgan fingerprint density at radius 1 is 1.17 bits per heavy atom. The van der Waals surface area contributed by atoms with Gasteiger partial charge in [0, 0.05) is 0 Å². The van der Waals surface area contributed by atoms with E-state index < -0.39 is 0 Å². The number of aromatic nitrogens is 4. The average Bonchev–Trinajstić information content (AvgIpc) is 2.66. The minimum Gasteiger partial charge on any atom is -0.474 e. The van der Waals surface area contributed by atoms with Crippen molar-refractivity contribution in [2.75, 3.05) is 0 Å². The molecule has 1 aliphatic rings. The highest BCUT2D eigenvalue weighted by Gasteiger charge is 2.17. The molecule has 0 saturated heterocycles. The van der Waals surface area contributed by atoms with E-state index >= 15 is 0 Å². The molecule has 6 heteroatoms. The third-order valence-corrected chi connectivity index (χ3v) is 3.50. The summed E-state index contributed by atoms with van der Waals surface area (Å²) in [6, 6.07) is 0. The Morgan fingerprint density at radius 3 is 2.72 bits per heavy atom. The van der Waals surface area contributed by atoms with Gasteiger partial charge in [0.2, 0.25) is 11.2 Å². The van der Waals surface area contributed by atoms with Crippen LogP contribution >= 0.6 is 11.6 Å². The van der Waals surface area contributed by atoms with Crippen molar-refractivity contribution in [3.8, 4) is 5.88 Å². The minimum atomic E-state index is 0.190. The molecule has 3 rings (SSSR count). The largest absolute Gasteiger partial charge is 0.474 e. The van der Waals surface area contributed by atoms with Crippen molar-refractivity contribution < 1.29 is 4.74 Å². The van der Waals surface area contributed by atoms with E-state index in [0.717, 1.165) is 18.2 Å². The van der Waals surface area contributed by atoms with Crippen molar-refractivity contribution in [2.45, 2.75) is 44.6 Å². The van der Waals surface area contributed by atoms with E-state index in [9.17, 15) is 0 Å². The Balaban J connectivity index is 1.86. The van der Waals surface area contributed by atoms with Crippen LogP contribution < -0.4 is 4.74 Å². The lowest BCUT2D eigenvalue weighted by Gasteiger charge is -2.16. The van der Waals surface area contributed by atoms with Gasteiger partial charge in [-0.05, 0) is 37.3 Å². The molecule has 0 aromatic carbocycles. The first kappa shape index (κ1) is 11.7. The SMILES string of the molecule is Clc1nc(OC2CCCCCC2)c2cn[nH]c2n1. The number of rotatable bonds is 2. The molecule has 1 aliphatic carbocycles. The highest BCUT2D eigenvalue weighted by Crippen LogP contribution is 2.27. The lowest BCUT2D eigenvalue weighted by molar-refractivity contribution is 0.178. The number of nitrogens with zero attached hydrogens (tertiary/aromatic N) is 3. The molecule has 0 unspecified atom stereocenters. The van der Waals surface area contributed by atoms with Crippen molar-refractivity contribution >= 4 is 22.6 Å². The zero-order valence-electron chi connectivity index (χ0n) is 10.0. The summed E-state index contributed by atoms with van der Waals surface area (Å²) in [5, 5.41) is 7.72. The fraction of sp³-hybridized carbons (Fsp3) is 0.583. The summed E-state index contributed by atoms with van der Waals surface area (Å²) in [6.45, 7) is 0. The molecule has 1 N–H and O–H groups in total. The number of fused-ring (bicyclic) bond motifs is 1. The molecule has 0 amide bonds. The standard InChI is InChI=1S/C12H15ClN4O/c13-12-15-10-9(7-14-17-10)11(16-12)18-8-5-3-1-2-4-6-8/h7-8H,1-6H2,(H,14,15,16,17). The fourth-order valence-corrected chi connectivity index (χ4v) is 2.55. The smallest absolute Gasteiger partial charge is 0.229 e. The monoisotopic (exact) mass is 266 g/mol. The van der Waals surface area contributed by atoms with Gasteiger partial charge in [0.1, 0.15) is 11.5 Å². The van der Waals surface area contributed by atoms with Crippen LogP contribution in [-0.2, 0) is 0 Å². The Morgan fingerprint density at radius 2 is 1.94 bits per heavy atom. The van der Waals surface area contributed by atoms with Crippen molar-refractivity contribution in [1.29, 1.82) is 0 Å². The first-order valence-electron chi connectivity index (χ1n) is 6.36. The second kappa shape index (κ2) is 5.10.